The largest absolute Gasteiger partial charge is 0.402 e. The summed E-state index contributed by atoms with van der Waals surface area (Å²) in [5.74, 6) is 0.548. The van der Waals surface area contributed by atoms with E-state index in [1.165, 1.54) is 18.4 Å². The number of rotatable bonds is 2. The SMILES string of the molecule is CC1CCCC(N)=C1/C=C/c1ncccc1S. The van der Waals surface area contributed by atoms with E-state index in [2.05, 4.69) is 30.6 Å². The van der Waals surface area contributed by atoms with Crippen molar-refractivity contribution >= 4 is 18.7 Å². The highest BCUT2D eigenvalue weighted by molar-refractivity contribution is 7.80. The third-order valence-electron chi connectivity index (χ3n) is 3.22. The predicted molar refractivity (Wildman–Crippen MR) is 74.8 cm³/mol. The number of allylic oxidation sites excluding steroid dienone is 3. The van der Waals surface area contributed by atoms with Crippen molar-refractivity contribution < 1.29 is 0 Å². The summed E-state index contributed by atoms with van der Waals surface area (Å²) in [5.41, 5.74) is 9.24. The quantitative estimate of drug-likeness (QED) is 0.785. The second-order valence-electron chi connectivity index (χ2n) is 4.51. The number of nitrogens with zero attached hydrogens (tertiary/aromatic N) is 1. The highest BCUT2D eigenvalue weighted by atomic mass is 32.1. The van der Waals surface area contributed by atoms with E-state index in [0.717, 1.165) is 22.7 Å². The Hall–Kier alpha value is -1.22. The Labute approximate surface area is 108 Å². The van der Waals surface area contributed by atoms with Crippen LogP contribution in [0.3, 0.4) is 0 Å². The van der Waals surface area contributed by atoms with E-state index in [0.29, 0.717) is 5.92 Å². The molecule has 1 aromatic rings. The van der Waals surface area contributed by atoms with Crippen molar-refractivity contribution in [3.63, 3.8) is 0 Å². The molecule has 1 atom stereocenters. The first-order chi connectivity index (χ1) is 8.18. The molecular formula is C14H18N2S. The van der Waals surface area contributed by atoms with Crippen molar-refractivity contribution in [2.45, 2.75) is 31.1 Å². The van der Waals surface area contributed by atoms with Gasteiger partial charge in [0, 0.05) is 16.8 Å². The fourth-order valence-corrected chi connectivity index (χ4v) is 2.41. The molecular weight excluding hydrogens is 228 g/mol. The maximum atomic E-state index is 6.06. The van der Waals surface area contributed by atoms with Gasteiger partial charge in [0.2, 0.25) is 0 Å². The lowest BCUT2D eigenvalue weighted by Gasteiger charge is -2.21. The molecule has 17 heavy (non-hydrogen) atoms. The molecule has 2 N–H and O–H groups in total. The van der Waals surface area contributed by atoms with Crippen LogP contribution in [-0.2, 0) is 0 Å². The van der Waals surface area contributed by atoms with Crippen LogP contribution in [0.2, 0.25) is 0 Å². The Bertz CT molecular complexity index is 463. The normalized spacial score (nSPS) is 21.2. The van der Waals surface area contributed by atoms with Crippen molar-refractivity contribution in [2.75, 3.05) is 0 Å². The number of pyridine rings is 1. The van der Waals surface area contributed by atoms with E-state index < -0.39 is 0 Å². The second-order valence-corrected chi connectivity index (χ2v) is 5.00. The molecule has 1 aliphatic carbocycles. The predicted octanol–water partition coefficient (Wildman–Crippen LogP) is 3.42. The van der Waals surface area contributed by atoms with Crippen LogP contribution in [-0.4, -0.2) is 4.98 Å². The van der Waals surface area contributed by atoms with Crippen molar-refractivity contribution in [3.05, 3.63) is 41.4 Å². The van der Waals surface area contributed by atoms with Crippen LogP contribution in [0, 0.1) is 5.92 Å². The standard InChI is InChI=1S/C14H18N2S/c1-10-4-2-5-12(15)11(10)7-8-13-14(17)6-3-9-16-13/h3,6-10,17H,2,4-5,15H2,1H3/b8-7+. The molecule has 0 spiro atoms. The maximum absolute atomic E-state index is 6.06. The second kappa shape index (κ2) is 5.41. The van der Waals surface area contributed by atoms with Crippen molar-refractivity contribution in [3.8, 4) is 0 Å². The van der Waals surface area contributed by atoms with Gasteiger partial charge in [-0.3, -0.25) is 4.98 Å². The number of thiol groups is 1. The molecule has 0 amide bonds. The third kappa shape index (κ3) is 2.91. The first-order valence-electron chi connectivity index (χ1n) is 5.99. The molecule has 0 fully saturated rings. The lowest BCUT2D eigenvalue weighted by atomic mass is 9.87. The lowest BCUT2D eigenvalue weighted by Crippen LogP contribution is -2.13. The van der Waals surface area contributed by atoms with E-state index in [-0.39, 0.29) is 0 Å². The van der Waals surface area contributed by atoms with Crippen LogP contribution in [0.25, 0.3) is 6.08 Å². The van der Waals surface area contributed by atoms with Gasteiger partial charge >= 0.3 is 0 Å². The average Bonchev–Trinajstić information content (AvgIpc) is 2.30. The van der Waals surface area contributed by atoms with Crippen molar-refractivity contribution in [1.29, 1.82) is 0 Å². The van der Waals surface area contributed by atoms with Gasteiger partial charge in [0.15, 0.2) is 0 Å². The van der Waals surface area contributed by atoms with E-state index in [1.54, 1.807) is 6.20 Å². The smallest absolute Gasteiger partial charge is 0.0762 e. The summed E-state index contributed by atoms with van der Waals surface area (Å²) in [4.78, 5) is 5.18. The fraction of sp³-hybridized carbons (Fsp3) is 0.357. The van der Waals surface area contributed by atoms with E-state index in [9.17, 15) is 0 Å². The van der Waals surface area contributed by atoms with Crippen LogP contribution in [0.4, 0.5) is 0 Å². The molecule has 0 aliphatic heterocycles. The summed E-state index contributed by atoms with van der Waals surface area (Å²) in [5, 5.41) is 0. The van der Waals surface area contributed by atoms with Gasteiger partial charge in [-0.2, -0.15) is 0 Å². The molecule has 90 valence electrons. The summed E-state index contributed by atoms with van der Waals surface area (Å²) in [6.45, 7) is 2.23. The minimum Gasteiger partial charge on any atom is -0.402 e. The van der Waals surface area contributed by atoms with Gasteiger partial charge in [-0.1, -0.05) is 13.0 Å². The zero-order valence-electron chi connectivity index (χ0n) is 10.1. The van der Waals surface area contributed by atoms with Crippen LogP contribution < -0.4 is 5.73 Å². The first kappa shape index (κ1) is 12.2. The van der Waals surface area contributed by atoms with Gasteiger partial charge in [0.1, 0.15) is 0 Å². The molecule has 3 heteroatoms. The van der Waals surface area contributed by atoms with E-state index >= 15 is 0 Å². The van der Waals surface area contributed by atoms with Gasteiger partial charge in [0.05, 0.1) is 5.69 Å². The Kier molecular flexibility index (Phi) is 3.89. The Balaban J connectivity index is 2.23. The molecule has 0 saturated carbocycles. The highest BCUT2D eigenvalue weighted by Crippen LogP contribution is 2.28. The maximum Gasteiger partial charge on any atom is 0.0762 e. The van der Waals surface area contributed by atoms with Crippen LogP contribution in [0.15, 0.2) is 40.6 Å². The van der Waals surface area contributed by atoms with Gasteiger partial charge in [-0.25, -0.2) is 0 Å². The van der Waals surface area contributed by atoms with E-state index in [1.807, 2.05) is 18.2 Å². The van der Waals surface area contributed by atoms with Crippen molar-refractivity contribution in [2.24, 2.45) is 11.7 Å². The highest BCUT2D eigenvalue weighted by Gasteiger charge is 2.15. The minimum atomic E-state index is 0.548. The Morgan fingerprint density at radius 3 is 3.00 bits per heavy atom. The summed E-state index contributed by atoms with van der Waals surface area (Å²) in [7, 11) is 0. The number of hydrogen-bond donors (Lipinski definition) is 2. The van der Waals surface area contributed by atoms with Crippen LogP contribution >= 0.6 is 12.6 Å². The van der Waals surface area contributed by atoms with Crippen LogP contribution in [0.1, 0.15) is 31.9 Å². The molecule has 1 heterocycles. The van der Waals surface area contributed by atoms with Gasteiger partial charge in [-0.15, -0.1) is 12.6 Å². The zero-order chi connectivity index (χ0) is 12.3. The fourth-order valence-electron chi connectivity index (χ4n) is 2.19. The van der Waals surface area contributed by atoms with Gasteiger partial charge in [0.25, 0.3) is 0 Å². The number of nitrogens with two attached hydrogens (primary N) is 1. The van der Waals surface area contributed by atoms with Crippen LogP contribution in [0.5, 0.6) is 0 Å². The topological polar surface area (TPSA) is 38.9 Å². The summed E-state index contributed by atoms with van der Waals surface area (Å²) >= 11 is 4.38. The lowest BCUT2D eigenvalue weighted by molar-refractivity contribution is 0.543. The average molecular weight is 246 g/mol. The zero-order valence-corrected chi connectivity index (χ0v) is 11.0. The first-order valence-corrected chi connectivity index (χ1v) is 6.44. The molecule has 1 aliphatic rings. The molecule has 0 radical (unpaired) electrons. The summed E-state index contributed by atoms with van der Waals surface area (Å²) in [6.07, 6.45) is 9.32. The van der Waals surface area contributed by atoms with Crippen molar-refractivity contribution in [1.82, 2.24) is 4.98 Å². The molecule has 2 rings (SSSR count). The van der Waals surface area contributed by atoms with Gasteiger partial charge < -0.3 is 5.73 Å². The molecule has 0 bridgehead atoms. The molecule has 0 saturated heterocycles. The summed E-state index contributed by atoms with van der Waals surface area (Å²) < 4.78 is 0. The molecule has 0 aromatic carbocycles. The van der Waals surface area contributed by atoms with Gasteiger partial charge in [-0.05, 0) is 49.0 Å². The Morgan fingerprint density at radius 2 is 2.29 bits per heavy atom. The monoisotopic (exact) mass is 246 g/mol. The number of hydrogen-bond acceptors (Lipinski definition) is 3. The summed E-state index contributed by atoms with van der Waals surface area (Å²) in [6, 6.07) is 3.83. The van der Waals surface area contributed by atoms with E-state index in [4.69, 9.17) is 5.73 Å². The number of aromatic nitrogens is 1. The Morgan fingerprint density at radius 1 is 1.47 bits per heavy atom. The molecule has 1 unspecified atom stereocenters. The minimum absolute atomic E-state index is 0.548. The molecule has 1 aromatic heterocycles. The third-order valence-corrected chi connectivity index (χ3v) is 3.60. The molecule has 2 nitrogen and oxygen atoms in total.